The molecule has 0 bridgehead atoms. The smallest absolute Gasteiger partial charge is 0.168 e. The fourth-order valence-electron chi connectivity index (χ4n) is 2.45. The lowest BCUT2D eigenvalue weighted by Crippen LogP contribution is -2.35. The molecule has 0 radical (unpaired) electrons. The summed E-state index contributed by atoms with van der Waals surface area (Å²) in [5.74, 6) is 1.03. The van der Waals surface area contributed by atoms with E-state index >= 15 is 0 Å². The molecule has 0 spiro atoms. The van der Waals surface area contributed by atoms with Gasteiger partial charge in [0.05, 0.1) is 6.61 Å². The Bertz CT molecular complexity index is 363. The van der Waals surface area contributed by atoms with E-state index in [4.69, 9.17) is 5.73 Å². The van der Waals surface area contributed by atoms with Crippen molar-refractivity contribution in [3.05, 3.63) is 12.4 Å². The Morgan fingerprint density at radius 3 is 2.59 bits per heavy atom. The van der Waals surface area contributed by atoms with Gasteiger partial charge in [-0.2, -0.15) is 0 Å². The maximum Gasteiger partial charge on any atom is 0.168 e. The molecule has 0 unspecified atom stereocenters. The van der Waals surface area contributed by atoms with Crippen LogP contribution in [0.5, 0.6) is 0 Å². The fourth-order valence-corrected chi connectivity index (χ4v) is 2.45. The summed E-state index contributed by atoms with van der Waals surface area (Å²) in [6.07, 6.45) is 8.98. The van der Waals surface area contributed by atoms with Gasteiger partial charge in [0.2, 0.25) is 0 Å². The van der Waals surface area contributed by atoms with Gasteiger partial charge in [0.15, 0.2) is 11.6 Å². The minimum Gasteiger partial charge on any atom is -0.396 e. The van der Waals surface area contributed by atoms with Crippen LogP contribution in [-0.4, -0.2) is 28.2 Å². The van der Waals surface area contributed by atoms with Gasteiger partial charge in [-0.05, 0) is 12.8 Å². The minimum absolute atomic E-state index is 0.0117. The van der Waals surface area contributed by atoms with E-state index in [1.807, 2.05) is 0 Å². The number of aliphatic hydroxyl groups is 1. The Morgan fingerprint density at radius 2 is 1.94 bits per heavy atom. The molecule has 94 valence electrons. The summed E-state index contributed by atoms with van der Waals surface area (Å²) >= 11 is 0. The van der Waals surface area contributed by atoms with Gasteiger partial charge in [-0.15, -0.1) is 0 Å². The molecule has 4 N–H and O–H groups in total. The molecule has 2 rings (SSSR count). The summed E-state index contributed by atoms with van der Waals surface area (Å²) in [6, 6.07) is 0. The molecule has 1 aliphatic rings. The summed E-state index contributed by atoms with van der Waals surface area (Å²) in [7, 11) is 0. The van der Waals surface area contributed by atoms with Crippen LogP contribution in [0.3, 0.4) is 0 Å². The van der Waals surface area contributed by atoms with Gasteiger partial charge in [-0.25, -0.2) is 9.97 Å². The average molecular weight is 236 g/mol. The third-order valence-electron chi connectivity index (χ3n) is 3.61. The average Bonchev–Trinajstić information content (AvgIpc) is 2.39. The number of nitrogens with zero attached hydrogens (tertiary/aromatic N) is 2. The first kappa shape index (κ1) is 12.1. The predicted molar refractivity (Wildman–Crippen MR) is 67.5 cm³/mol. The lowest BCUT2D eigenvalue weighted by Gasteiger charge is -2.35. The largest absolute Gasteiger partial charge is 0.396 e. The molecule has 1 heterocycles. The zero-order valence-electron chi connectivity index (χ0n) is 10.0. The van der Waals surface area contributed by atoms with Crippen LogP contribution in [0, 0.1) is 5.41 Å². The van der Waals surface area contributed by atoms with Crippen molar-refractivity contribution in [2.45, 2.75) is 32.1 Å². The molecular weight excluding hydrogens is 216 g/mol. The maximum atomic E-state index is 9.58. The van der Waals surface area contributed by atoms with Gasteiger partial charge in [0.25, 0.3) is 0 Å². The van der Waals surface area contributed by atoms with E-state index in [-0.39, 0.29) is 12.0 Å². The van der Waals surface area contributed by atoms with Crippen molar-refractivity contribution in [1.82, 2.24) is 9.97 Å². The number of aromatic nitrogens is 2. The number of hydrogen-bond donors (Lipinski definition) is 3. The van der Waals surface area contributed by atoms with E-state index in [1.54, 1.807) is 12.4 Å². The van der Waals surface area contributed by atoms with Crippen LogP contribution in [0.4, 0.5) is 11.6 Å². The summed E-state index contributed by atoms with van der Waals surface area (Å²) in [6.45, 7) is 0.937. The van der Waals surface area contributed by atoms with E-state index in [0.29, 0.717) is 18.2 Å². The molecule has 1 fully saturated rings. The van der Waals surface area contributed by atoms with Crippen molar-refractivity contribution in [3.63, 3.8) is 0 Å². The van der Waals surface area contributed by atoms with E-state index in [9.17, 15) is 5.11 Å². The Morgan fingerprint density at radius 1 is 1.24 bits per heavy atom. The summed E-state index contributed by atoms with van der Waals surface area (Å²) in [5.41, 5.74) is 5.71. The molecule has 0 aliphatic heterocycles. The van der Waals surface area contributed by atoms with E-state index in [1.165, 1.54) is 19.3 Å². The molecule has 5 heteroatoms. The number of rotatable bonds is 4. The van der Waals surface area contributed by atoms with Gasteiger partial charge in [0, 0.05) is 24.4 Å². The monoisotopic (exact) mass is 236 g/mol. The molecule has 17 heavy (non-hydrogen) atoms. The van der Waals surface area contributed by atoms with Crippen LogP contribution < -0.4 is 11.1 Å². The SMILES string of the molecule is Nc1nccnc1NCC1(CO)CCCCC1. The zero-order valence-corrected chi connectivity index (χ0v) is 10.0. The molecule has 1 aliphatic carbocycles. The summed E-state index contributed by atoms with van der Waals surface area (Å²) < 4.78 is 0. The van der Waals surface area contributed by atoms with Crippen LogP contribution in [0.25, 0.3) is 0 Å². The second kappa shape index (κ2) is 5.31. The second-order valence-electron chi connectivity index (χ2n) is 4.86. The Balaban J connectivity index is 1.98. The molecule has 0 atom stereocenters. The minimum atomic E-state index is -0.0117. The van der Waals surface area contributed by atoms with Gasteiger partial charge >= 0.3 is 0 Å². The highest BCUT2D eigenvalue weighted by Gasteiger charge is 2.31. The van der Waals surface area contributed by atoms with E-state index < -0.39 is 0 Å². The second-order valence-corrected chi connectivity index (χ2v) is 4.86. The standard InChI is InChI=1S/C12H20N4O/c13-10-11(15-7-6-14-10)16-8-12(9-17)4-2-1-3-5-12/h6-7,17H,1-5,8-9H2,(H2,13,14)(H,15,16). The first-order valence-electron chi connectivity index (χ1n) is 6.17. The molecule has 0 amide bonds. The number of anilines is 2. The first-order valence-corrected chi connectivity index (χ1v) is 6.17. The van der Waals surface area contributed by atoms with Crippen molar-refractivity contribution in [3.8, 4) is 0 Å². The number of nitrogen functional groups attached to an aromatic ring is 1. The number of hydrogen-bond acceptors (Lipinski definition) is 5. The molecule has 1 aromatic rings. The highest BCUT2D eigenvalue weighted by Crippen LogP contribution is 2.36. The molecule has 1 saturated carbocycles. The first-order chi connectivity index (χ1) is 8.26. The Kier molecular flexibility index (Phi) is 3.78. The molecule has 0 saturated heterocycles. The lowest BCUT2D eigenvalue weighted by molar-refractivity contribution is 0.0943. The van der Waals surface area contributed by atoms with Crippen molar-refractivity contribution >= 4 is 11.6 Å². The van der Waals surface area contributed by atoms with E-state index in [0.717, 1.165) is 12.8 Å². The van der Waals surface area contributed by atoms with Crippen LogP contribution in [0.1, 0.15) is 32.1 Å². The zero-order chi connectivity index (χ0) is 12.1. The van der Waals surface area contributed by atoms with Gasteiger partial charge in [-0.3, -0.25) is 0 Å². The number of nitrogens with one attached hydrogen (secondary N) is 1. The number of aliphatic hydroxyl groups excluding tert-OH is 1. The summed E-state index contributed by atoms with van der Waals surface area (Å²) in [5, 5.41) is 12.8. The topological polar surface area (TPSA) is 84.1 Å². The third-order valence-corrected chi connectivity index (χ3v) is 3.61. The van der Waals surface area contributed by atoms with Crippen LogP contribution >= 0.6 is 0 Å². The van der Waals surface area contributed by atoms with Gasteiger partial charge in [0.1, 0.15) is 0 Å². The maximum absolute atomic E-state index is 9.58. The van der Waals surface area contributed by atoms with Crippen molar-refractivity contribution in [2.24, 2.45) is 5.41 Å². The Hall–Kier alpha value is -1.36. The van der Waals surface area contributed by atoms with Crippen molar-refractivity contribution < 1.29 is 5.11 Å². The molecule has 1 aromatic heterocycles. The molecular formula is C12H20N4O. The normalized spacial score (nSPS) is 18.9. The fraction of sp³-hybridized carbons (Fsp3) is 0.667. The Labute approximate surface area is 101 Å². The third kappa shape index (κ3) is 2.85. The van der Waals surface area contributed by atoms with E-state index in [2.05, 4.69) is 15.3 Å². The molecule has 0 aromatic carbocycles. The highest BCUT2D eigenvalue weighted by molar-refractivity contribution is 5.54. The quantitative estimate of drug-likeness (QED) is 0.736. The van der Waals surface area contributed by atoms with Gasteiger partial charge < -0.3 is 16.2 Å². The molecule has 5 nitrogen and oxygen atoms in total. The van der Waals surface area contributed by atoms with Crippen LogP contribution in [0.2, 0.25) is 0 Å². The van der Waals surface area contributed by atoms with Crippen LogP contribution in [-0.2, 0) is 0 Å². The predicted octanol–water partition coefficient (Wildman–Crippen LogP) is 1.41. The van der Waals surface area contributed by atoms with Crippen molar-refractivity contribution in [2.75, 3.05) is 24.2 Å². The lowest BCUT2D eigenvalue weighted by atomic mass is 9.74. The number of nitrogens with two attached hydrogens (primary N) is 1. The van der Waals surface area contributed by atoms with Crippen LogP contribution in [0.15, 0.2) is 12.4 Å². The van der Waals surface area contributed by atoms with Crippen molar-refractivity contribution in [1.29, 1.82) is 0 Å². The summed E-state index contributed by atoms with van der Waals surface area (Å²) in [4.78, 5) is 8.13. The van der Waals surface area contributed by atoms with Gasteiger partial charge in [-0.1, -0.05) is 19.3 Å². The highest BCUT2D eigenvalue weighted by atomic mass is 16.3.